The van der Waals surface area contributed by atoms with Crippen LogP contribution in [0.5, 0.6) is 5.75 Å². The van der Waals surface area contributed by atoms with Crippen LogP contribution in [0.2, 0.25) is 0 Å². The van der Waals surface area contributed by atoms with Gasteiger partial charge in [0.1, 0.15) is 5.75 Å². The van der Waals surface area contributed by atoms with E-state index in [0.717, 1.165) is 16.7 Å². The summed E-state index contributed by atoms with van der Waals surface area (Å²) in [5, 5.41) is 14.5. The molecule has 1 atom stereocenters. The number of carbonyl (C=O) groups is 2. The largest absolute Gasteiger partial charge is 0.508 e. The quantitative estimate of drug-likeness (QED) is 0.648. The first-order chi connectivity index (χ1) is 12.4. The van der Waals surface area contributed by atoms with Crippen LogP contribution in [-0.2, 0) is 39.1 Å². The van der Waals surface area contributed by atoms with Crippen LogP contribution in [0.15, 0.2) is 48.5 Å². The fraction of sp³-hybridized carbons (Fsp3) is 0.263. The Balaban J connectivity index is 1.70. The van der Waals surface area contributed by atoms with E-state index in [1.54, 1.807) is 18.4 Å². The number of phenolic OH excluding ortho intramolecular Hbond substituents is 1. The van der Waals surface area contributed by atoms with Gasteiger partial charge in [0, 0.05) is 29.4 Å². The molecule has 3 N–H and O–H groups in total. The summed E-state index contributed by atoms with van der Waals surface area (Å²) >= 11 is 0. The highest BCUT2D eigenvalue weighted by atomic mass is 32.2. The van der Waals surface area contributed by atoms with Crippen molar-refractivity contribution in [2.75, 3.05) is 12.8 Å². The van der Waals surface area contributed by atoms with Gasteiger partial charge in [-0.1, -0.05) is 36.4 Å². The molecule has 6 nitrogen and oxygen atoms in total. The molecule has 0 saturated heterocycles. The molecule has 0 bridgehead atoms. The lowest BCUT2D eigenvalue weighted by atomic mass is 10.1. The summed E-state index contributed by atoms with van der Waals surface area (Å²) < 4.78 is 11.2. The van der Waals surface area contributed by atoms with Gasteiger partial charge in [-0.25, -0.2) is 0 Å². The lowest BCUT2D eigenvalue weighted by Crippen LogP contribution is -2.37. The standard InChI is InChI=1S/C19H22N2O4S/c1-26(25)13-16-4-2-15(3-5-16)11-20-19(24)12-21-18(23)10-14-6-8-17(22)9-7-14/h2-9,22H,10-13H2,1H3,(H,20,24)(H,21,23). The summed E-state index contributed by atoms with van der Waals surface area (Å²) in [7, 11) is -0.880. The van der Waals surface area contributed by atoms with E-state index in [9.17, 15) is 18.9 Å². The number of hydrogen-bond donors (Lipinski definition) is 3. The van der Waals surface area contributed by atoms with Gasteiger partial charge in [0.25, 0.3) is 0 Å². The van der Waals surface area contributed by atoms with E-state index < -0.39 is 10.8 Å². The molecule has 1 unspecified atom stereocenters. The highest BCUT2D eigenvalue weighted by Gasteiger charge is 2.07. The van der Waals surface area contributed by atoms with Gasteiger partial charge in [-0.3, -0.25) is 13.8 Å². The number of nitrogens with one attached hydrogen (secondary N) is 2. The summed E-state index contributed by atoms with van der Waals surface area (Å²) in [5.41, 5.74) is 2.68. The third-order valence-electron chi connectivity index (χ3n) is 3.63. The van der Waals surface area contributed by atoms with Crippen molar-refractivity contribution in [2.24, 2.45) is 0 Å². The summed E-state index contributed by atoms with van der Waals surface area (Å²) in [4.78, 5) is 23.7. The average Bonchev–Trinajstić information content (AvgIpc) is 2.61. The van der Waals surface area contributed by atoms with E-state index in [2.05, 4.69) is 10.6 Å². The molecule has 0 heterocycles. The minimum absolute atomic E-state index is 0.0934. The van der Waals surface area contributed by atoms with Crippen LogP contribution < -0.4 is 10.6 Å². The molecular formula is C19H22N2O4S. The zero-order valence-electron chi connectivity index (χ0n) is 14.5. The molecule has 2 aromatic rings. The van der Waals surface area contributed by atoms with Crippen molar-refractivity contribution in [3.05, 3.63) is 65.2 Å². The van der Waals surface area contributed by atoms with E-state index in [1.165, 1.54) is 12.1 Å². The molecule has 2 amide bonds. The number of amides is 2. The Morgan fingerprint density at radius 1 is 0.885 bits per heavy atom. The first-order valence-corrected chi connectivity index (χ1v) is 9.84. The maximum absolute atomic E-state index is 11.8. The van der Waals surface area contributed by atoms with Crippen molar-refractivity contribution in [3.63, 3.8) is 0 Å². The van der Waals surface area contributed by atoms with Crippen LogP contribution in [0.1, 0.15) is 16.7 Å². The van der Waals surface area contributed by atoms with Crippen molar-refractivity contribution in [1.29, 1.82) is 0 Å². The van der Waals surface area contributed by atoms with Crippen molar-refractivity contribution >= 4 is 22.6 Å². The fourth-order valence-corrected chi connectivity index (χ4v) is 2.95. The van der Waals surface area contributed by atoms with E-state index in [0.29, 0.717) is 12.3 Å². The Morgan fingerprint density at radius 3 is 2.08 bits per heavy atom. The zero-order chi connectivity index (χ0) is 18.9. The van der Waals surface area contributed by atoms with Crippen LogP contribution in [0.3, 0.4) is 0 Å². The molecular weight excluding hydrogens is 352 g/mol. The van der Waals surface area contributed by atoms with Crippen molar-refractivity contribution in [1.82, 2.24) is 10.6 Å². The van der Waals surface area contributed by atoms with Gasteiger partial charge in [0.2, 0.25) is 11.8 Å². The van der Waals surface area contributed by atoms with E-state index in [-0.39, 0.29) is 30.5 Å². The van der Waals surface area contributed by atoms with Crippen LogP contribution in [-0.4, -0.2) is 33.9 Å². The maximum Gasteiger partial charge on any atom is 0.239 e. The summed E-state index contributed by atoms with van der Waals surface area (Å²) in [5.74, 6) is 0.120. The van der Waals surface area contributed by atoms with Crippen molar-refractivity contribution in [3.8, 4) is 5.75 Å². The number of hydrogen-bond acceptors (Lipinski definition) is 4. The highest BCUT2D eigenvalue weighted by Crippen LogP contribution is 2.10. The third kappa shape index (κ3) is 7.06. The summed E-state index contributed by atoms with van der Waals surface area (Å²) in [6.45, 7) is 0.270. The highest BCUT2D eigenvalue weighted by molar-refractivity contribution is 7.83. The molecule has 26 heavy (non-hydrogen) atoms. The van der Waals surface area contributed by atoms with E-state index in [4.69, 9.17) is 0 Å². The van der Waals surface area contributed by atoms with Crippen LogP contribution in [0.4, 0.5) is 0 Å². The molecule has 0 aromatic heterocycles. The second-order valence-electron chi connectivity index (χ2n) is 5.93. The molecule has 0 aliphatic heterocycles. The Kier molecular flexibility index (Phi) is 7.35. The molecule has 0 spiro atoms. The number of benzene rings is 2. The Morgan fingerprint density at radius 2 is 1.46 bits per heavy atom. The second-order valence-corrected chi connectivity index (χ2v) is 7.37. The first kappa shape index (κ1) is 19.7. The van der Waals surface area contributed by atoms with Crippen LogP contribution in [0.25, 0.3) is 0 Å². The maximum atomic E-state index is 11.8. The monoisotopic (exact) mass is 374 g/mol. The van der Waals surface area contributed by atoms with Gasteiger partial charge in [-0.2, -0.15) is 0 Å². The Hall–Kier alpha value is -2.67. The van der Waals surface area contributed by atoms with Gasteiger partial charge < -0.3 is 15.7 Å². The van der Waals surface area contributed by atoms with Crippen molar-refractivity contribution < 1.29 is 18.9 Å². The normalized spacial score (nSPS) is 11.6. The van der Waals surface area contributed by atoms with Crippen molar-refractivity contribution in [2.45, 2.75) is 18.7 Å². The molecule has 0 fully saturated rings. The smallest absolute Gasteiger partial charge is 0.239 e. The zero-order valence-corrected chi connectivity index (χ0v) is 15.3. The number of rotatable bonds is 8. The topological polar surface area (TPSA) is 95.5 Å². The van der Waals surface area contributed by atoms with Crippen LogP contribution in [0, 0.1) is 0 Å². The molecule has 7 heteroatoms. The van der Waals surface area contributed by atoms with E-state index in [1.807, 2.05) is 24.3 Å². The predicted molar refractivity (Wildman–Crippen MR) is 101 cm³/mol. The summed E-state index contributed by atoms with van der Waals surface area (Å²) in [6, 6.07) is 13.9. The lowest BCUT2D eigenvalue weighted by molar-refractivity contribution is -0.125. The van der Waals surface area contributed by atoms with E-state index >= 15 is 0 Å². The Bertz CT molecular complexity index is 773. The molecule has 0 saturated carbocycles. The van der Waals surface area contributed by atoms with Gasteiger partial charge in [0.15, 0.2) is 0 Å². The van der Waals surface area contributed by atoms with Gasteiger partial charge in [-0.05, 0) is 28.8 Å². The van der Waals surface area contributed by atoms with Gasteiger partial charge >= 0.3 is 0 Å². The van der Waals surface area contributed by atoms with Gasteiger partial charge in [-0.15, -0.1) is 0 Å². The first-order valence-electron chi connectivity index (χ1n) is 8.11. The minimum Gasteiger partial charge on any atom is -0.508 e. The SMILES string of the molecule is CS(=O)Cc1ccc(CNC(=O)CNC(=O)Cc2ccc(O)cc2)cc1. The predicted octanol–water partition coefficient (Wildman–Crippen LogP) is 1.25. The molecule has 138 valence electrons. The van der Waals surface area contributed by atoms with Crippen LogP contribution >= 0.6 is 0 Å². The fourth-order valence-electron chi connectivity index (χ4n) is 2.29. The summed E-state index contributed by atoms with van der Waals surface area (Å²) in [6.07, 6.45) is 1.80. The Labute approximate surface area is 155 Å². The second kappa shape index (κ2) is 9.72. The molecule has 2 rings (SSSR count). The minimum atomic E-state index is -0.880. The lowest BCUT2D eigenvalue weighted by Gasteiger charge is -2.08. The molecule has 0 aliphatic carbocycles. The number of phenols is 1. The molecule has 0 aliphatic rings. The molecule has 0 radical (unpaired) electrons. The van der Waals surface area contributed by atoms with Gasteiger partial charge in [0.05, 0.1) is 13.0 Å². The molecule has 2 aromatic carbocycles. The third-order valence-corrected chi connectivity index (χ3v) is 4.37. The number of aromatic hydroxyl groups is 1. The average molecular weight is 374 g/mol. The number of carbonyl (C=O) groups excluding carboxylic acids is 2.